The van der Waals surface area contributed by atoms with Gasteiger partial charge in [0.1, 0.15) is 0 Å². The third-order valence-corrected chi connectivity index (χ3v) is 4.35. The predicted molar refractivity (Wildman–Crippen MR) is 65.2 cm³/mol. The number of rotatable bonds is 3. The van der Waals surface area contributed by atoms with Crippen LogP contribution >= 0.6 is 0 Å². The lowest BCUT2D eigenvalue weighted by molar-refractivity contribution is -0.144. The molecule has 2 fully saturated rings. The Hall–Kier alpha value is -1.98. The minimum atomic E-state index is -0.801. The summed E-state index contributed by atoms with van der Waals surface area (Å²) in [6, 6.07) is 1.32. The Morgan fingerprint density at radius 2 is 2.05 bits per heavy atom. The van der Waals surface area contributed by atoms with Gasteiger partial charge >= 0.3 is 5.97 Å². The van der Waals surface area contributed by atoms with Gasteiger partial charge in [0, 0.05) is 6.04 Å². The average molecular weight is 261 g/mol. The number of hydrogen-bond acceptors (Lipinski definition) is 4. The monoisotopic (exact) mass is 261 g/mol. The molecule has 4 unspecified atom stereocenters. The number of hydrogen-bond donors (Lipinski definition) is 2. The van der Waals surface area contributed by atoms with Crippen LogP contribution in [0, 0.1) is 17.8 Å². The van der Waals surface area contributed by atoms with Crippen molar-refractivity contribution in [1.82, 2.24) is 15.5 Å². The molecule has 19 heavy (non-hydrogen) atoms. The van der Waals surface area contributed by atoms with E-state index in [0.29, 0.717) is 11.5 Å². The highest BCUT2D eigenvalue weighted by Crippen LogP contribution is 2.48. The average Bonchev–Trinajstić information content (AvgIpc) is 3.00. The van der Waals surface area contributed by atoms with Gasteiger partial charge in [0.05, 0.1) is 23.9 Å². The number of nitrogens with one attached hydrogen (secondary N) is 1. The maximum absolute atomic E-state index is 12.1. The maximum Gasteiger partial charge on any atom is 0.308 e. The molecule has 6 heteroatoms. The first-order valence-corrected chi connectivity index (χ1v) is 6.47. The number of nitrogens with zero attached hydrogens (tertiary/aromatic N) is 2. The minimum Gasteiger partial charge on any atom is -0.481 e. The predicted octanol–water partition coefficient (Wildman–Crippen LogP) is 0.706. The van der Waals surface area contributed by atoms with Gasteiger partial charge in [-0.3, -0.25) is 9.59 Å². The van der Waals surface area contributed by atoms with E-state index in [1.165, 1.54) is 12.4 Å². The highest BCUT2D eigenvalue weighted by atomic mass is 16.4. The maximum atomic E-state index is 12.1. The van der Waals surface area contributed by atoms with E-state index in [9.17, 15) is 14.7 Å². The first-order valence-electron chi connectivity index (χ1n) is 6.47. The van der Waals surface area contributed by atoms with Crippen molar-refractivity contribution in [2.45, 2.75) is 25.3 Å². The van der Waals surface area contributed by atoms with Gasteiger partial charge in [-0.15, -0.1) is 0 Å². The van der Waals surface area contributed by atoms with Crippen LogP contribution in [0.1, 0.15) is 29.6 Å². The molecule has 0 radical (unpaired) electrons. The van der Waals surface area contributed by atoms with Crippen molar-refractivity contribution in [3.05, 3.63) is 24.0 Å². The second kappa shape index (κ2) is 4.60. The van der Waals surface area contributed by atoms with Crippen molar-refractivity contribution >= 4 is 11.9 Å². The zero-order valence-electron chi connectivity index (χ0n) is 10.3. The topological polar surface area (TPSA) is 92.2 Å². The Morgan fingerprint density at radius 3 is 2.74 bits per heavy atom. The molecule has 6 nitrogen and oxygen atoms in total. The Balaban J connectivity index is 1.76. The van der Waals surface area contributed by atoms with E-state index < -0.39 is 11.9 Å². The quantitative estimate of drug-likeness (QED) is 0.835. The van der Waals surface area contributed by atoms with Crippen LogP contribution in [0.4, 0.5) is 0 Å². The van der Waals surface area contributed by atoms with E-state index >= 15 is 0 Å². The van der Waals surface area contributed by atoms with Gasteiger partial charge < -0.3 is 10.4 Å². The molecule has 2 aliphatic rings. The van der Waals surface area contributed by atoms with Crippen LogP contribution in [0.3, 0.4) is 0 Å². The second-order valence-corrected chi connectivity index (χ2v) is 5.33. The van der Waals surface area contributed by atoms with Crippen molar-refractivity contribution in [2.24, 2.45) is 17.8 Å². The molecule has 2 N–H and O–H groups in total. The van der Waals surface area contributed by atoms with Crippen LogP contribution < -0.4 is 5.32 Å². The van der Waals surface area contributed by atoms with Crippen LogP contribution in [0.2, 0.25) is 0 Å². The summed E-state index contributed by atoms with van der Waals surface area (Å²) in [5, 5.41) is 19.5. The van der Waals surface area contributed by atoms with Crippen molar-refractivity contribution in [3.63, 3.8) is 0 Å². The van der Waals surface area contributed by atoms with Gasteiger partial charge in [-0.2, -0.15) is 10.2 Å². The van der Waals surface area contributed by atoms with Crippen LogP contribution in [0.5, 0.6) is 0 Å². The first kappa shape index (κ1) is 12.1. The van der Waals surface area contributed by atoms with Gasteiger partial charge in [0.2, 0.25) is 0 Å². The van der Waals surface area contributed by atoms with Gasteiger partial charge in [0.25, 0.3) is 5.91 Å². The van der Waals surface area contributed by atoms with Gasteiger partial charge in [-0.05, 0) is 37.2 Å². The van der Waals surface area contributed by atoms with E-state index in [-0.39, 0.29) is 17.9 Å². The van der Waals surface area contributed by atoms with Crippen LogP contribution in [-0.4, -0.2) is 33.2 Å². The Bertz CT molecular complexity index is 505. The number of aliphatic carboxylic acids is 1. The molecule has 4 atom stereocenters. The molecule has 0 aromatic carbocycles. The molecule has 1 heterocycles. The fraction of sp³-hybridized carbons (Fsp3) is 0.538. The summed E-state index contributed by atoms with van der Waals surface area (Å²) in [7, 11) is 0. The summed E-state index contributed by atoms with van der Waals surface area (Å²) in [6.45, 7) is 0. The van der Waals surface area contributed by atoms with E-state index in [2.05, 4.69) is 15.5 Å². The Kier molecular flexibility index (Phi) is 2.93. The Labute approximate surface area is 110 Å². The molecule has 1 aromatic heterocycles. The van der Waals surface area contributed by atoms with E-state index in [1.807, 2.05) is 0 Å². The smallest absolute Gasteiger partial charge is 0.308 e. The fourth-order valence-corrected chi connectivity index (χ4v) is 3.51. The van der Waals surface area contributed by atoms with Crippen molar-refractivity contribution in [3.8, 4) is 0 Å². The summed E-state index contributed by atoms with van der Waals surface area (Å²) in [4.78, 5) is 23.4. The summed E-state index contributed by atoms with van der Waals surface area (Å²) in [6.07, 6.45) is 5.72. The van der Waals surface area contributed by atoms with Gasteiger partial charge in [-0.1, -0.05) is 0 Å². The molecular weight excluding hydrogens is 246 g/mol. The molecule has 0 saturated heterocycles. The number of amides is 1. The molecule has 2 saturated carbocycles. The summed E-state index contributed by atoms with van der Waals surface area (Å²) in [5.41, 5.74) is 0.418. The number of fused-ring (bicyclic) bond motifs is 2. The first-order chi connectivity index (χ1) is 9.16. The lowest BCUT2D eigenvalue weighted by Gasteiger charge is -2.28. The zero-order chi connectivity index (χ0) is 13.4. The largest absolute Gasteiger partial charge is 0.481 e. The normalized spacial score (nSPS) is 32.2. The van der Waals surface area contributed by atoms with Crippen molar-refractivity contribution in [2.75, 3.05) is 0 Å². The van der Waals surface area contributed by atoms with Crippen LogP contribution in [-0.2, 0) is 4.79 Å². The van der Waals surface area contributed by atoms with E-state index in [4.69, 9.17) is 0 Å². The zero-order valence-corrected chi connectivity index (χ0v) is 10.3. The molecule has 0 aliphatic heterocycles. The highest BCUT2D eigenvalue weighted by molar-refractivity contribution is 5.94. The Morgan fingerprint density at radius 1 is 1.26 bits per heavy atom. The highest BCUT2D eigenvalue weighted by Gasteiger charge is 2.51. The molecule has 1 amide bonds. The molecule has 2 bridgehead atoms. The SMILES string of the molecule is O=C(NC1C2CCC(C2)C1C(=O)O)c1ccnnc1. The minimum absolute atomic E-state index is 0.211. The van der Waals surface area contributed by atoms with Gasteiger partial charge in [-0.25, -0.2) is 0 Å². The molecular formula is C13H15N3O3. The summed E-state index contributed by atoms with van der Waals surface area (Å²) >= 11 is 0. The van der Waals surface area contributed by atoms with Gasteiger partial charge in [0.15, 0.2) is 0 Å². The summed E-state index contributed by atoms with van der Waals surface area (Å²) in [5.74, 6) is -1.00. The second-order valence-electron chi connectivity index (χ2n) is 5.33. The summed E-state index contributed by atoms with van der Waals surface area (Å²) < 4.78 is 0. The molecule has 0 spiro atoms. The standard InChI is InChI=1S/C13H15N3O3/c17-12(9-3-4-14-15-6-9)16-11-8-2-1-7(5-8)10(11)13(18)19/h3-4,6-8,10-11H,1-2,5H2,(H,16,17)(H,18,19). The lowest BCUT2D eigenvalue weighted by atomic mass is 9.84. The number of carboxylic acid groups (broad SMARTS) is 1. The third kappa shape index (κ3) is 2.07. The molecule has 1 aromatic rings. The number of carboxylic acids is 1. The van der Waals surface area contributed by atoms with Crippen molar-refractivity contribution in [1.29, 1.82) is 0 Å². The van der Waals surface area contributed by atoms with Crippen LogP contribution in [0.25, 0.3) is 0 Å². The van der Waals surface area contributed by atoms with E-state index in [0.717, 1.165) is 19.3 Å². The third-order valence-electron chi connectivity index (χ3n) is 4.35. The lowest BCUT2D eigenvalue weighted by Crippen LogP contribution is -2.46. The fourth-order valence-electron chi connectivity index (χ4n) is 3.51. The number of carbonyl (C=O) groups is 2. The van der Waals surface area contributed by atoms with E-state index in [1.54, 1.807) is 6.07 Å². The molecule has 2 aliphatic carbocycles. The number of carbonyl (C=O) groups excluding carboxylic acids is 1. The van der Waals surface area contributed by atoms with Crippen LogP contribution in [0.15, 0.2) is 18.5 Å². The van der Waals surface area contributed by atoms with Crippen molar-refractivity contribution < 1.29 is 14.7 Å². The molecule has 3 rings (SSSR count). The number of aromatic nitrogens is 2. The molecule has 100 valence electrons.